The lowest BCUT2D eigenvalue weighted by Crippen LogP contribution is -1.98. The van der Waals surface area contributed by atoms with Crippen LogP contribution in [0.5, 0.6) is 0 Å². The van der Waals surface area contributed by atoms with Gasteiger partial charge < -0.3 is 10.1 Å². The van der Waals surface area contributed by atoms with Crippen molar-refractivity contribution < 1.29 is 14.3 Å². The van der Waals surface area contributed by atoms with Crippen molar-refractivity contribution in [2.45, 2.75) is 4.90 Å². The van der Waals surface area contributed by atoms with Gasteiger partial charge in [-0.25, -0.2) is 14.2 Å². The first-order valence-corrected chi connectivity index (χ1v) is 7.38. The number of rotatable bonds is 3. The number of halogens is 1. The number of thioether (sulfide) groups is 1. The van der Waals surface area contributed by atoms with Crippen LogP contribution in [0.1, 0.15) is 10.4 Å². The molecule has 2 aromatic carbocycles. The third-order valence-electron chi connectivity index (χ3n) is 3.15. The molecule has 0 aliphatic rings. The summed E-state index contributed by atoms with van der Waals surface area (Å²) in [5.41, 5.74) is 1.30. The van der Waals surface area contributed by atoms with Gasteiger partial charge in [-0.1, -0.05) is 12.1 Å². The van der Waals surface area contributed by atoms with E-state index in [4.69, 9.17) is 5.11 Å². The molecule has 0 spiro atoms. The van der Waals surface area contributed by atoms with Crippen molar-refractivity contribution in [1.29, 1.82) is 0 Å². The third kappa shape index (κ3) is 2.50. The van der Waals surface area contributed by atoms with E-state index in [1.807, 2.05) is 30.5 Å². The molecule has 1 aromatic heterocycles. The molecule has 21 heavy (non-hydrogen) atoms. The topological polar surface area (TPSA) is 66.0 Å². The number of hydrogen-bond donors (Lipinski definition) is 2. The number of aromatic amines is 1. The molecule has 2 N–H and O–H groups in total. The van der Waals surface area contributed by atoms with Gasteiger partial charge >= 0.3 is 5.97 Å². The maximum Gasteiger partial charge on any atom is 0.338 e. The number of imidazole rings is 1. The monoisotopic (exact) mass is 302 g/mol. The Kier molecular flexibility index (Phi) is 3.39. The van der Waals surface area contributed by atoms with Crippen molar-refractivity contribution in [2.24, 2.45) is 0 Å². The number of hydrogen-bond acceptors (Lipinski definition) is 3. The predicted octanol–water partition coefficient (Wildman–Crippen LogP) is 3.79. The van der Waals surface area contributed by atoms with Crippen LogP contribution in [0.25, 0.3) is 22.4 Å². The fourth-order valence-corrected chi connectivity index (χ4v) is 2.54. The number of nitrogens with one attached hydrogen (secondary N) is 1. The normalized spacial score (nSPS) is 11.0. The lowest BCUT2D eigenvalue weighted by molar-refractivity contribution is 0.0698. The Bertz CT molecular complexity index is 828. The summed E-state index contributed by atoms with van der Waals surface area (Å²) in [4.78, 5) is 19.5. The minimum absolute atomic E-state index is 0.145. The van der Waals surface area contributed by atoms with Gasteiger partial charge in [-0.15, -0.1) is 11.8 Å². The van der Waals surface area contributed by atoms with Crippen LogP contribution >= 0.6 is 11.8 Å². The highest BCUT2D eigenvalue weighted by atomic mass is 32.2. The Morgan fingerprint density at radius 2 is 2.00 bits per heavy atom. The first-order chi connectivity index (χ1) is 10.1. The number of carboxylic acid groups (broad SMARTS) is 1. The van der Waals surface area contributed by atoms with Gasteiger partial charge in [-0.05, 0) is 30.5 Å². The van der Waals surface area contributed by atoms with E-state index in [2.05, 4.69) is 9.97 Å². The summed E-state index contributed by atoms with van der Waals surface area (Å²) in [6.45, 7) is 0. The summed E-state index contributed by atoms with van der Waals surface area (Å²) < 4.78 is 13.5. The highest BCUT2D eigenvalue weighted by Crippen LogP contribution is 2.25. The molecule has 0 amide bonds. The smallest absolute Gasteiger partial charge is 0.338 e. The second-order valence-corrected chi connectivity index (χ2v) is 5.35. The molecule has 106 valence electrons. The summed E-state index contributed by atoms with van der Waals surface area (Å²) in [5, 5.41) is 9.13. The Morgan fingerprint density at radius 1 is 1.29 bits per heavy atom. The maximum atomic E-state index is 13.5. The van der Waals surface area contributed by atoms with Crippen molar-refractivity contribution >= 4 is 28.8 Å². The molecule has 0 saturated carbocycles. The number of aromatic nitrogens is 2. The van der Waals surface area contributed by atoms with Crippen LogP contribution in [-0.2, 0) is 0 Å². The van der Waals surface area contributed by atoms with Crippen LogP contribution in [0.4, 0.5) is 4.39 Å². The van der Waals surface area contributed by atoms with Crippen molar-refractivity contribution in [3.8, 4) is 11.4 Å². The Hall–Kier alpha value is -2.34. The first kappa shape index (κ1) is 13.6. The molecule has 0 atom stereocenters. The molecule has 3 rings (SSSR count). The number of benzene rings is 2. The van der Waals surface area contributed by atoms with Gasteiger partial charge in [-0.3, -0.25) is 0 Å². The van der Waals surface area contributed by atoms with E-state index < -0.39 is 11.8 Å². The fourth-order valence-electron chi connectivity index (χ4n) is 2.13. The van der Waals surface area contributed by atoms with E-state index >= 15 is 0 Å². The zero-order valence-corrected chi connectivity index (χ0v) is 11.9. The minimum Gasteiger partial charge on any atom is -0.478 e. The molecule has 3 aromatic rings. The van der Waals surface area contributed by atoms with Gasteiger partial charge in [0.25, 0.3) is 0 Å². The zero-order valence-electron chi connectivity index (χ0n) is 11.1. The molecular weight excluding hydrogens is 291 g/mol. The van der Waals surface area contributed by atoms with Gasteiger partial charge in [0.2, 0.25) is 0 Å². The molecule has 1 heterocycles. The molecule has 0 aliphatic heterocycles. The lowest BCUT2D eigenvalue weighted by Gasteiger charge is -1.98. The fraction of sp³-hybridized carbons (Fsp3) is 0.0667. The van der Waals surface area contributed by atoms with Crippen molar-refractivity contribution in [3.05, 3.63) is 47.8 Å². The number of carboxylic acids is 1. The number of aromatic carboxylic acids is 1. The van der Waals surface area contributed by atoms with Gasteiger partial charge in [0.05, 0.1) is 11.1 Å². The molecule has 0 aliphatic carbocycles. The summed E-state index contributed by atoms with van der Waals surface area (Å²) in [7, 11) is 0. The highest BCUT2D eigenvalue weighted by Gasteiger charge is 2.15. The van der Waals surface area contributed by atoms with Crippen LogP contribution in [0.3, 0.4) is 0 Å². The van der Waals surface area contributed by atoms with E-state index in [0.717, 1.165) is 16.5 Å². The van der Waals surface area contributed by atoms with E-state index in [-0.39, 0.29) is 11.1 Å². The van der Waals surface area contributed by atoms with Crippen molar-refractivity contribution in [3.63, 3.8) is 0 Å². The standard InChI is InChI=1S/C15H11FN2O2S/c1-21-10-4-2-8(3-5-10)14-17-12-7-9(16)6-11(15(19)20)13(12)18-14/h2-7H,1H3,(H,17,18)(H,19,20). The quantitative estimate of drug-likeness (QED) is 0.722. The SMILES string of the molecule is CSc1ccc(-c2nc3c(C(=O)O)cc(F)cc3[nH]2)cc1. The molecule has 0 saturated heterocycles. The summed E-state index contributed by atoms with van der Waals surface area (Å²) in [5.74, 6) is -1.28. The Balaban J connectivity index is 2.16. The highest BCUT2D eigenvalue weighted by molar-refractivity contribution is 7.98. The van der Waals surface area contributed by atoms with Crippen LogP contribution < -0.4 is 0 Å². The molecule has 6 heteroatoms. The average molecular weight is 302 g/mol. The predicted molar refractivity (Wildman–Crippen MR) is 80.2 cm³/mol. The number of carbonyl (C=O) groups is 1. The molecular formula is C15H11FN2O2S. The van der Waals surface area contributed by atoms with E-state index in [1.54, 1.807) is 11.8 Å². The van der Waals surface area contributed by atoms with Gasteiger partial charge in [0.15, 0.2) is 0 Å². The zero-order chi connectivity index (χ0) is 15.0. The largest absolute Gasteiger partial charge is 0.478 e. The maximum absolute atomic E-state index is 13.5. The van der Waals surface area contributed by atoms with Crippen molar-refractivity contribution in [2.75, 3.05) is 6.26 Å². The molecule has 0 radical (unpaired) electrons. The van der Waals surface area contributed by atoms with Crippen LogP contribution in [0.15, 0.2) is 41.3 Å². The second-order valence-electron chi connectivity index (χ2n) is 4.47. The van der Waals surface area contributed by atoms with Crippen molar-refractivity contribution in [1.82, 2.24) is 9.97 Å². The number of H-pyrrole nitrogens is 1. The van der Waals surface area contributed by atoms with Crippen LogP contribution in [0.2, 0.25) is 0 Å². The summed E-state index contributed by atoms with van der Waals surface area (Å²) >= 11 is 1.63. The average Bonchev–Trinajstić information content (AvgIpc) is 2.90. The van der Waals surface area contributed by atoms with Gasteiger partial charge in [0, 0.05) is 10.5 Å². The van der Waals surface area contributed by atoms with E-state index in [9.17, 15) is 9.18 Å². The Labute approximate surface area is 124 Å². The molecule has 0 fully saturated rings. The summed E-state index contributed by atoms with van der Waals surface area (Å²) in [6.07, 6.45) is 1.98. The molecule has 0 bridgehead atoms. The number of nitrogens with zero attached hydrogens (tertiary/aromatic N) is 1. The lowest BCUT2D eigenvalue weighted by atomic mass is 10.2. The molecule has 0 unspecified atom stereocenters. The third-order valence-corrected chi connectivity index (χ3v) is 3.89. The molecule has 4 nitrogen and oxygen atoms in total. The minimum atomic E-state index is -1.20. The second kappa shape index (κ2) is 5.21. The van der Waals surface area contributed by atoms with E-state index in [0.29, 0.717) is 11.3 Å². The summed E-state index contributed by atoms with van der Waals surface area (Å²) in [6, 6.07) is 9.90. The van der Waals surface area contributed by atoms with E-state index in [1.165, 1.54) is 6.07 Å². The Morgan fingerprint density at radius 3 is 2.62 bits per heavy atom. The van der Waals surface area contributed by atoms with Crippen LogP contribution in [0, 0.1) is 5.82 Å². The number of fused-ring (bicyclic) bond motifs is 1. The van der Waals surface area contributed by atoms with Gasteiger partial charge in [0.1, 0.15) is 17.2 Å². The van der Waals surface area contributed by atoms with Gasteiger partial charge in [-0.2, -0.15) is 0 Å². The first-order valence-electron chi connectivity index (χ1n) is 6.15. The van der Waals surface area contributed by atoms with Crippen LogP contribution in [-0.4, -0.2) is 27.3 Å².